The molecule has 1 fully saturated rings. The van der Waals surface area contributed by atoms with Gasteiger partial charge in [-0.25, -0.2) is 0 Å². The third-order valence-corrected chi connectivity index (χ3v) is 5.32. The van der Waals surface area contributed by atoms with Gasteiger partial charge in [-0.3, -0.25) is 14.6 Å². The van der Waals surface area contributed by atoms with E-state index in [4.69, 9.17) is 9.26 Å². The third kappa shape index (κ3) is 5.79. The van der Waals surface area contributed by atoms with Crippen molar-refractivity contribution in [3.63, 3.8) is 0 Å². The molecule has 1 atom stereocenters. The van der Waals surface area contributed by atoms with E-state index in [-0.39, 0.29) is 36.6 Å². The molecule has 8 nitrogen and oxygen atoms in total. The number of amides is 2. The number of pyridine rings is 1. The molecule has 4 rings (SSSR count). The van der Waals surface area contributed by atoms with E-state index >= 15 is 0 Å². The van der Waals surface area contributed by atoms with Crippen molar-refractivity contribution in [2.45, 2.75) is 31.9 Å². The lowest BCUT2D eigenvalue weighted by atomic mass is 10.1. The van der Waals surface area contributed by atoms with E-state index in [1.54, 1.807) is 17.2 Å². The topological polar surface area (TPSA) is 97.6 Å². The van der Waals surface area contributed by atoms with E-state index in [0.717, 1.165) is 24.1 Å². The van der Waals surface area contributed by atoms with E-state index in [1.807, 2.05) is 48.5 Å². The SMILES string of the molecule is O=C(CCN(CC1CCCO1)C(=O)c1cc(-c2ccccc2)on1)NCc1ccccn1. The first kappa shape index (κ1) is 21.7. The number of aromatic nitrogens is 2. The van der Waals surface area contributed by atoms with Crippen molar-refractivity contribution in [1.82, 2.24) is 20.4 Å². The predicted molar refractivity (Wildman–Crippen MR) is 118 cm³/mol. The minimum absolute atomic E-state index is 0.0315. The number of ether oxygens (including phenoxy) is 1. The smallest absolute Gasteiger partial charge is 0.276 e. The van der Waals surface area contributed by atoms with Crippen LogP contribution in [0, 0.1) is 0 Å². The first-order chi connectivity index (χ1) is 15.7. The van der Waals surface area contributed by atoms with Gasteiger partial charge in [0.05, 0.1) is 18.3 Å². The number of rotatable bonds is 9. The molecule has 0 aliphatic carbocycles. The molecule has 1 saturated heterocycles. The summed E-state index contributed by atoms with van der Waals surface area (Å²) in [5.41, 5.74) is 1.85. The number of hydrogen-bond donors (Lipinski definition) is 1. The average molecular weight is 434 g/mol. The Morgan fingerprint density at radius 3 is 2.72 bits per heavy atom. The molecule has 2 amide bonds. The summed E-state index contributed by atoms with van der Waals surface area (Å²) in [5, 5.41) is 6.82. The van der Waals surface area contributed by atoms with Crippen LogP contribution in [0.2, 0.25) is 0 Å². The summed E-state index contributed by atoms with van der Waals surface area (Å²) in [5.74, 6) is 0.106. The van der Waals surface area contributed by atoms with Crippen LogP contribution in [0.3, 0.4) is 0 Å². The molecule has 1 aliphatic heterocycles. The van der Waals surface area contributed by atoms with Crippen molar-refractivity contribution in [2.24, 2.45) is 0 Å². The second-order valence-electron chi connectivity index (χ2n) is 7.68. The van der Waals surface area contributed by atoms with E-state index in [0.29, 0.717) is 25.5 Å². The van der Waals surface area contributed by atoms with Crippen LogP contribution in [0.15, 0.2) is 65.3 Å². The molecule has 32 heavy (non-hydrogen) atoms. The average Bonchev–Trinajstić information content (AvgIpc) is 3.54. The molecule has 2 aromatic heterocycles. The van der Waals surface area contributed by atoms with Gasteiger partial charge < -0.3 is 19.5 Å². The molecule has 3 heterocycles. The highest BCUT2D eigenvalue weighted by atomic mass is 16.5. The van der Waals surface area contributed by atoms with Crippen molar-refractivity contribution in [1.29, 1.82) is 0 Å². The lowest BCUT2D eigenvalue weighted by Gasteiger charge is -2.24. The highest BCUT2D eigenvalue weighted by Crippen LogP contribution is 2.21. The van der Waals surface area contributed by atoms with Crippen molar-refractivity contribution < 1.29 is 18.8 Å². The number of nitrogens with one attached hydrogen (secondary N) is 1. The van der Waals surface area contributed by atoms with Gasteiger partial charge in [0.2, 0.25) is 5.91 Å². The van der Waals surface area contributed by atoms with Crippen molar-refractivity contribution in [3.8, 4) is 11.3 Å². The van der Waals surface area contributed by atoms with Crippen molar-refractivity contribution >= 4 is 11.8 Å². The number of carbonyl (C=O) groups is 2. The Bertz CT molecular complexity index is 1020. The standard InChI is InChI=1S/C24H26N4O4/c29-23(26-16-19-9-4-5-12-25-19)11-13-28(17-20-10-6-14-31-20)24(30)21-15-22(32-27-21)18-7-2-1-3-8-18/h1-5,7-9,12,15,20H,6,10-11,13-14,16-17H2,(H,26,29). The zero-order valence-electron chi connectivity index (χ0n) is 17.8. The monoisotopic (exact) mass is 434 g/mol. The molecule has 0 saturated carbocycles. The Morgan fingerprint density at radius 2 is 1.97 bits per heavy atom. The molecular weight excluding hydrogens is 408 g/mol. The summed E-state index contributed by atoms with van der Waals surface area (Å²) in [6, 6.07) is 16.7. The fourth-order valence-corrected chi connectivity index (χ4v) is 3.60. The lowest BCUT2D eigenvalue weighted by Crippen LogP contribution is -2.40. The fraction of sp³-hybridized carbons (Fsp3) is 0.333. The summed E-state index contributed by atoms with van der Waals surface area (Å²) in [4.78, 5) is 31.4. The van der Waals surface area contributed by atoms with Crippen LogP contribution in [-0.4, -0.2) is 52.7 Å². The minimum atomic E-state index is -0.274. The Balaban J connectivity index is 1.39. The molecule has 8 heteroatoms. The second kappa shape index (κ2) is 10.7. The molecular formula is C24H26N4O4. The second-order valence-corrected chi connectivity index (χ2v) is 7.68. The van der Waals surface area contributed by atoms with E-state index in [9.17, 15) is 9.59 Å². The van der Waals surface area contributed by atoms with Crippen molar-refractivity contribution in [2.75, 3.05) is 19.7 Å². The number of carbonyl (C=O) groups excluding carboxylic acids is 2. The van der Waals surface area contributed by atoms with Gasteiger partial charge in [0.25, 0.3) is 5.91 Å². The van der Waals surface area contributed by atoms with Crippen LogP contribution >= 0.6 is 0 Å². The molecule has 0 radical (unpaired) electrons. The van der Waals surface area contributed by atoms with Crippen LogP contribution in [0.1, 0.15) is 35.4 Å². The largest absolute Gasteiger partial charge is 0.376 e. The van der Waals surface area contributed by atoms with Gasteiger partial charge >= 0.3 is 0 Å². The zero-order valence-corrected chi connectivity index (χ0v) is 17.8. The number of hydrogen-bond acceptors (Lipinski definition) is 6. The van der Waals surface area contributed by atoms with E-state index in [2.05, 4.69) is 15.5 Å². The van der Waals surface area contributed by atoms with Crippen LogP contribution in [-0.2, 0) is 16.1 Å². The first-order valence-corrected chi connectivity index (χ1v) is 10.8. The van der Waals surface area contributed by atoms with Gasteiger partial charge in [0.1, 0.15) is 0 Å². The van der Waals surface area contributed by atoms with Gasteiger partial charge in [-0.1, -0.05) is 41.6 Å². The maximum Gasteiger partial charge on any atom is 0.276 e. The molecule has 1 aromatic carbocycles. The first-order valence-electron chi connectivity index (χ1n) is 10.8. The van der Waals surface area contributed by atoms with Crippen LogP contribution in [0.25, 0.3) is 11.3 Å². The summed E-state index contributed by atoms with van der Waals surface area (Å²) in [6.07, 6.45) is 3.69. The molecule has 0 bridgehead atoms. The summed E-state index contributed by atoms with van der Waals surface area (Å²) in [6.45, 7) is 1.72. The van der Waals surface area contributed by atoms with Gasteiger partial charge in [-0.2, -0.15) is 0 Å². The Labute approximate surface area is 186 Å². The third-order valence-electron chi connectivity index (χ3n) is 5.32. The summed E-state index contributed by atoms with van der Waals surface area (Å²) < 4.78 is 11.1. The Kier molecular flexibility index (Phi) is 7.24. The Hall–Kier alpha value is -3.52. The van der Waals surface area contributed by atoms with Gasteiger partial charge in [-0.15, -0.1) is 0 Å². The fourth-order valence-electron chi connectivity index (χ4n) is 3.60. The normalized spacial score (nSPS) is 15.4. The highest BCUT2D eigenvalue weighted by molar-refractivity contribution is 5.93. The van der Waals surface area contributed by atoms with Crippen LogP contribution in [0.4, 0.5) is 0 Å². The molecule has 166 valence electrons. The van der Waals surface area contributed by atoms with Gasteiger partial charge in [-0.05, 0) is 25.0 Å². The minimum Gasteiger partial charge on any atom is -0.376 e. The lowest BCUT2D eigenvalue weighted by molar-refractivity contribution is -0.121. The number of nitrogens with zero attached hydrogens (tertiary/aromatic N) is 3. The number of benzene rings is 1. The Morgan fingerprint density at radius 1 is 1.12 bits per heavy atom. The van der Waals surface area contributed by atoms with Crippen LogP contribution < -0.4 is 5.32 Å². The quantitative estimate of drug-likeness (QED) is 0.556. The molecule has 0 spiro atoms. The van der Waals surface area contributed by atoms with Crippen LogP contribution in [0.5, 0.6) is 0 Å². The molecule has 1 unspecified atom stereocenters. The summed E-state index contributed by atoms with van der Waals surface area (Å²) >= 11 is 0. The molecule has 1 N–H and O–H groups in total. The maximum absolute atomic E-state index is 13.2. The highest BCUT2D eigenvalue weighted by Gasteiger charge is 2.26. The maximum atomic E-state index is 13.2. The van der Waals surface area contributed by atoms with E-state index in [1.165, 1.54) is 0 Å². The summed E-state index contributed by atoms with van der Waals surface area (Å²) in [7, 11) is 0. The van der Waals surface area contributed by atoms with E-state index < -0.39 is 0 Å². The van der Waals surface area contributed by atoms with Crippen molar-refractivity contribution in [3.05, 3.63) is 72.2 Å². The van der Waals surface area contributed by atoms with Gasteiger partial charge in [0, 0.05) is 43.9 Å². The zero-order chi connectivity index (χ0) is 22.2. The van der Waals surface area contributed by atoms with Gasteiger partial charge in [0.15, 0.2) is 11.5 Å². The molecule has 3 aromatic rings. The molecule has 1 aliphatic rings. The predicted octanol–water partition coefficient (Wildman–Crippen LogP) is 3.06.